The third-order valence-electron chi connectivity index (χ3n) is 3.92. The van der Waals surface area contributed by atoms with Crippen LogP contribution in [0.2, 0.25) is 0 Å². The van der Waals surface area contributed by atoms with E-state index in [9.17, 15) is 31.5 Å². The fourth-order valence-electron chi connectivity index (χ4n) is 2.44. The van der Waals surface area contributed by atoms with Crippen LogP contribution in [0.15, 0.2) is 18.2 Å². The smallest absolute Gasteiger partial charge is 0.331 e. The number of carbonyl (C=O) groups excluding carboxylic acids is 2. The fraction of sp³-hybridized carbons (Fsp3) is 0.200. The van der Waals surface area contributed by atoms with E-state index in [-0.39, 0.29) is 0 Å². The van der Waals surface area contributed by atoms with E-state index in [2.05, 4.69) is 4.74 Å². The maximum Gasteiger partial charge on any atom is 0.331 e. The Balaban J connectivity index is 2.05. The molecule has 2 aromatic carbocycles. The predicted molar refractivity (Wildman–Crippen MR) is 101 cm³/mol. The van der Waals surface area contributed by atoms with E-state index in [0.717, 1.165) is 6.08 Å². The lowest BCUT2D eigenvalue weighted by Crippen LogP contribution is -2.22. The van der Waals surface area contributed by atoms with Crippen molar-refractivity contribution in [3.63, 3.8) is 0 Å². The molecule has 0 aromatic heterocycles. The van der Waals surface area contributed by atoms with Crippen molar-refractivity contribution in [3.05, 3.63) is 52.9 Å². The highest BCUT2D eigenvalue weighted by Crippen LogP contribution is 2.38. The molecule has 2 aromatic rings. The van der Waals surface area contributed by atoms with Gasteiger partial charge >= 0.3 is 5.97 Å². The van der Waals surface area contributed by atoms with Crippen LogP contribution in [0.3, 0.4) is 0 Å². The molecule has 0 saturated heterocycles. The zero-order valence-electron chi connectivity index (χ0n) is 16.9. The molecule has 0 unspecified atom stereocenters. The summed E-state index contributed by atoms with van der Waals surface area (Å²) in [6.45, 7) is -1.06. The quantitative estimate of drug-likeness (QED) is 0.213. The minimum Gasteiger partial charge on any atom is -0.493 e. The summed E-state index contributed by atoms with van der Waals surface area (Å²) in [5, 5.41) is 1.48. The van der Waals surface area contributed by atoms with Crippen molar-refractivity contribution in [1.82, 2.24) is 0 Å². The molecule has 0 heterocycles. The van der Waals surface area contributed by atoms with Gasteiger partial charge in [-0.2, -0.15) is 0 Å². The lowest BCUT2D eigenvalue weighted by Gasteiger charge is -2.12. The highest BCUT2D eigenvalue weighted by atomic mass is 19.2. The van der Waals surface area contributed by atoms with E-state index in [1.165, 1.54) is 44.9 Å². The summed E-state index contributed by atoms with van der Waals surface area (Å²) in [6, 6.07) is 3.03. The van der Waals surface area contributed by atoms with Crippen LogP contribution in [0.5, 0.6) is 17.2 Å². The van der Waals surface area contributed by atoms with Crippen LogP contribution in [0.4, 0.5) is 27.6 Å². The average molecular weight is 461 g/mol. The fourth-order valence-corrected chi connectivity index (χ4v) is 2.44. The van der Waals surface area contributed by atoms with Gasteiger partial charge in [-0.05, 0) is 23.8 Å². The molecular formula is C20H16F5NO6. The molecule has 0 aliphatic carbocycles. The molecule has 0 fully saturated rings. The van der Waals surface area contributed by atoms with Crippen LogP contribution in [-0.2, 0) is 14.3 Å². The first kappa shape index (κ1) is 24.4. The maximum atomic E-state index is 13.6. The number of nitrogens with one attached hydrogen (secondary N) is 1. The van der Waals surface area contributed by atoms with Gasteiger partial charge in [-0.15, -0.1) is 0 Å². The van der Waals surface area contributed by atoms with Crippen LogP contribution in [0, 0.1) is 29.1 Å². The van der Waals surface area contributed by atoms with Gasteiger partial charge in [0.15, 0.2) is 41.4 Å². The summed E-state index contributed by atoms with van der Waals surface area (Å²) in [6.07, 6.45) is 2.21. The van der Waals surface area contributed by atoms with Gasteiger partial charge in [0.25, 0.3) is 5.91 Å². The molecule has 0 bridgehead atoms. The molecule has 0 radical (unpaired) electrons. The van der Waals surface area contributed by atoms with Crippen molar-refractivity contribution in [2.24, 2.45) is 0 Å². The number of rotatable bonds is 8. The minimum atomic E-state index is -2.37. The lowest BCUT2D eigenvalue weighted by atomic mass is 10.1. The second-order valence-electron chi connectivity index (χ2n) is 5.89. The van der Waals surface area contributed by atoms with E-state index >= 15 is 0 Å². The lowest BCUT2D eigenvalue weighted by molar-refractivity contribution is -0.142. The van der Waals surface area contributed by atoms with Gasteiger partial charge in [-0.25, -0.2) is 26.7 Å². The Morgan fingerprint density at radius 3 is 1.81 bits per heavy atom. The molecule has 1 N–H and O–H groups in total. The summed E-state index contributed by atoms with van der Waals surface area (Å²) in [5.41, 5.74) is -1.13. The van der Waals surface area contributed by atoms with E-state index in [1.54, 1.807) is 0 Å². The SMILES string of the molecule is COc1cc(C=CC(=O)OCC(=O)Nc2c(F)c(F)c(F)c(F)c2F)cc(OC)c1OC. The van der Waals surface area contributed by atoms with Gasteiger partial charge in [-0.3, -0.25) is 4.79 Å². The summed E-state index contributed by atoms with van der Waals surface area (Å²) in [4.78, 5) is 23.5. The van der Waals surface area contributed by atoms with Crippen molar-refractivity contribution in [2.45, 2.75) is 0 Å². The monoisotopic (exact) mass is 461 g/mol. The van der Waals surface area contributed by atoms with Crippen LogP contribution < -0.4 is 19.5 Å². The number of methoxy groups -OCH3 is 3. The van der Waals surface area contributed by atoms with Gasteiger partial charge in [-0.1, -0.05) is 0 Å². The summed E-state index contributed by atoms with van der Waals surface area (Å²) in [5.74, 6) is -12.7. The third-order valence-corrected chi connectivity index (χ3v) is 3.92. The molecule has 0 aliphatic rings. The number of hydrogen-bond donors (Lipinski definition) is 1. The Morgan fingerprint density at radius 1 is 0.844 bits per heavy atom. The first-order valence-corrected chi connectivity index (χ1v) is 8.60. The first-order valence-electron chi connectivity index (χ1n) is 8.60. The molecule has 0 saturated carbocycles. The highest BCUT2D eigenvalue weighted by molar-refractivity contribution is 5.95. The number of carbonyl (C=O) groups is 2. The second-order valence-corrected chi connectivity index (χ2v) is 5.89. The van der Waals surface area contributed by atoms with Gasteiger partial charge in [0, 0.05) is 6.08 Å². The molecule has 1 amide bonds. The molecular weight excluding hydrogens is 445 g/mol. The highest BCUT2D eigenvalue weighted by Gasteiger charge is 2.27. The van der Waals surface area contributed by atoms with Crippen molar-refractivity contribution < 1.29 is 50.5 Å². The Kier molecular flexibility index (Phi) is 7.99. The number of esters is 1. The Hall–Kier alpha value is -3.83. The molecule has 32 heavy (non-hydrogen) atoms. The van der Waals surface area contributed by atoms with E-state index < -0.39 is 53.3 Å². The van der Waals surface area contributed by atoms with Gasteiger partial charge in [0.2, 0.25) is 11.6 Å². The standard InChI is InChI=1S/C20H16F5NO6/c1-29-10-6-9(7-11(30-2)20(10)31-3)4-5-13(28)32-8-12(27)26-19-17(24)15(22)14(21)16(23)18(19)25/h4-7H,8H2,1-3H3,(H,26,27). The van der Waals surface area contributed by atoms with Gasteiger partial charge in [0.05, 0.1) is 21.3 Å². The van der Waals surface area contributed by atoms with Crippen molar-refractivity contribution >= 4 is 23.6 Å². The Bertz CT molecular complexity index is 1020. The van der Waals surface area contributed by atoms with Crippen LogP contribution in [-0.4, -0.2) is 39.8 Å². The Morgan fingerprint density at radius 2 is 1.34 bits per heavy atom. The molecule has 7 nitrogen and oxygen atoms in total. The molecule has 2 rings (SSSR count). The van der Waals surface area contributed by atoms with Crippen LogP contribution in [0.25, 0.3) is 6.08 Å². The largest absolute Gasteiger partial charge is 0.493 e. The molecule has 12 heteroatoms. The molecule has 0 aliphatic heterocycles. The van der Waals surface area contributed by atoms with Crippen molar-refractivity contribution in [3.8, 4) is 17.2 Å². The van der Waals surface area contributed by atoms with Crippen LogP contribution >= 0.6 is 0 Å². The normalized spacial score (nSPS) is 10.8. The van der Waals surface area contributed by atoms with Gasteiger partial charge < -0.3 is 24.3 Å². The number of amides is 1. The van der Waals surface area contributed by atoms with Gasteiger partial charge in [0.1, 0.15) is 5.69 Å². The van der Waals surface area contributed by atoms with E-state index in [4.69, 9.17) is 14.2 Å². The zero-order valence-corrected chi connectivity index (χ0v) is 16.9. The number of hydrogen-bond acceptors (Lipinski definition) is 6. The van der Waals surface area contributed by atoms with E-state index in [0.29, 0.717) is 22.8 Å². The maximum absolute atomic E-state index is 13.6. The number of anilines is 1. The predicted octanol–water partition coefficient (Wildman–Crippen LogP) is 3.60. The zero-order chi connectivity index (χ0) is 24.0. The van der Waals surface area contributed by atoms with Crippen molar-refractivity contribution in [2.75, 3.05) is 33.3 Å². The van der Waals surface area contributed by atoms with E-state index in [1.807, 2.05) is 0 Å². The number of benzene rings is 2. The summed E-state index contributed by atoms with van der Waals surface area (Å²) >= 11 is 0. The minimum absolute atomic E-state index is 0.307. The molecule has 172 valence electrons. The summed E-state index contributed by atoms with van der Waals surface area (Å²) < 4.78 is 86.5. The summed E-state index contributed by atoms with van der Waals surface area (Å²) in [7, 11) is 4.19. The number of ether oxygens (including phenoxy) is 4. The molecule has 0 spiro atoms. The third kappa shape index (κ3) is 5.25. The Labute approximate surface area is 178 Å². The van der Waals surface area contributed by atoms with Crippen LogP contribution in [0.1, 0.15) is 5.56 Å². The molecule has 0 atom stereocenters. The van der Waals surface area contributed by atoms with Crippen molar-refractivity contribution in [1.29, 1.82) is 0 Å². The topological polar surface area (TPSA) is 83.1 Å². The average Bonchev–Trinajstić information content (AvgIpc) is 2.80. The first-order chi connectivity index (χ1) is 15.1. The second kappa shape index (κ2) is 10.5. The number of halogens is 5.